The molecule has 6 nitrogen and oxygen atoms in total. The van der Waals surface area contributed by atoms with E-state index >= 15 is 0 Å². The van der Waals surface area contributed by atoms with E-state index in [9.17, 15) is 9.90 Å². The van der Waals surface area contributed by atoms with Gasteiger partial charge in [0.15, 0.2) is 0 Å². The molecule has 0 spiro atoms. The number of hydrogen-bond donors (Lipinski definition) is 3. The van der Waals surface area contributed by atoms with E-state index in [4.69, 9.17) is 0 Å². The van der Waals surface area contributed by atoms with E-state index in [0.29, 0.717) is 5.13 Å². The highest BCUT2D eigenvalue weighted by Crippen LogP contribution is 2.12. The van der Waals surface area contributed by atoms with Gasteiger partial charge in [-0.15, -0.1) is 10.2 Å². The molecule has 0 bridgehead atoms. The Labute approximate surface area is 108 Å². The van der Waals surface area contributed by atoms with Gasteiger partial charge in [0.25, 0.3) is 0 Å². The number of benzene rings is 1. The van der Waals surface area contributed by atoms with Crippen molar-refractivity contribution in [2.45, 2.75) is 6.04 Å². The molecule has 0 radical (unpaired) electrons. The van der Waals surface area contributed by atoms with Crippen LogP contribution < -0.4 is 10.6 Å². The van der Waals surface area contributed by atoms with Gasteiger partial charge in [0.05, 0.1) is 12.6 Å². The number of anilines is 1. The zero-order chi connectivity index (χ0) is 12.8. The highest BCUT2D eigenvalue weighted by atomic mass is 32.1. The minimum atomic E-state index is -0.445. The fourth-order valence-corrected chi connectivity index (χ4v) is 1.88. The average Bonchev–Trinajstić information content (AvgIpc) is 2.90. The molecule has 3 N–H and O–H groups in total. The maximum Gasteiger partial charge on any atom is 0.321 e. The maximum atomic E-state index is 11.7. The fraction of sp³-hybridized carbons (Fsp3) is 0.182. The van der Waals surface area contributed by atoms with Crippen molar-refractivity contribution < 1.29 is 9.90 Å². The number of nitrogens with one attached hydrogen (secondary N) is 2. The molecule has 2 aromatic rings. The van der Waals surface area contributed by atoms with Gasteiger partial charge < -0.3 is 10.4 Å². The molecule has 1 unspecified atom stereocenters. The molecule has 94 valence electrons. The summed E-state index contributed by atoms with van der Waals surface area (Å²) in [7, 11) is 0. The Balaban J connectivity index is 1.96. The summed E-state index contributed by atoms with van der Waals surface area (Å²) in [4.78, 5) is 11.7. The van der Waals surface area contributed by atoms with E-state index in [1.807, 2.05) is 30.3 Å². The zero-order valence-corrected chi connectivity index (χ0v) is 10.2. The van der Waals surface area contributed by atoms with Crippen molar-refractivity contribution in [3.05, 3.63) is 41.4 Å². The number of nitrogens with zero attached hydrogens (tertiary/aromatic N) is 2. The molecule has 0 aliphatic carbocycles. The molecule has 0 aliphatic rings. The van der Waals surface area contributed by atoms with Crippen LogP contribution in [0.1, 0.15) is 11.6 Å². The number of aromatic nitrogens is 2. The third-order valence-electron chi connectivity index (χ3n) is 2.27. The molecule has 0 aliphatic heterocycles. The highest BCUT2D eigenvalue weighted by molar-refractivity contribution is 7.13. The first-order valence-corrected chi connectivity index (χ1v) is 6.17. The van der Waals surface area contributed by atoms with Crippen LogP contribution in [0.2, 0.25) is 0 Å². The molecule has 2 amide bonds. The van der Waals surface area contributed by atoms with Crippen molar-refractivity contribution in [2.24, 2.45) is 0 Å². The second-order valence-corrected chi connectivity index (χ2v) is 4.32. The first-order chi connectivity index (χ1) is 8.79. The minimum Gasteiger partial charge on any atom is -0.394 e. The molecule has 7 heteroatoms. The van der Waals surface area contributed by atoms with E-state index in [1.165, 1.54) is 16.8 Å². The lowest BCUT2D eigenvalue weighted by atomic mass is 10.1. The summed E-state index contributed by atoms with van der Waals surface area (Å²) in [5.41, 5.74) is 2.36. The van der Waals surface area contributed by atoms with Crippen LogP contribution in [0.25, 0.3) is 0 Å². The number of hydrogen-bond acceptors (Lipinski definition) is 5. The van der Waals surface area contributed by atoms with Crippen LogP contribution in [0.5, 0.6) is 0 Å². The second-order valence-electron chi connectivity index (χ2n) is 3.49. The Bertz CT molecular complexity index is 489. The van der Waals surface area contributed by atoms with E-state index in [2.05, 4.69) is 20.8 Å². The number of carbonyl (C=O) groups excluding carboxylic acids is 1. The van der Waals surface area contributed by atoms with Gasteiger partial charge >= 0.3 is 6.03 Å². The smallest absolute Gasteiger partial charge is 0.321 e. The molecule has 18 heavy (non-hydrogen) atoms. The summed E-state index contributed by atoms with van der Waals surface area (Å²) in [6, 6.07) is 8.39. The van der Waals surface area contributed by atoms with Crippen LogP contribution in [0, 0.1) is 0 Å². The second kappa shape index (κ2) is 6.08. The number of rotatable bonds is 4. The SMILES string of the molecule is O=C(Nc1nncs1)NC(CO)c1ccccc1. The molecular formula is C11H12N4O2S. The van der Waals surface area contributed by atoms with Crippen LogP contribution in [-0.2, 0) is 0 Å². The maximum absolute atomic E-state index is 11.7. The summed E-state index contributed by atoms with van der Waals surface area (Å²) in [5, 5.41) is 22.2. The van der Waals surface area contributed by atoms with E-state index in [1.54, 1.807) is 0 Å². The topological polar surface area (TPSA) is 87.1 Å². The number of carbonyl (C=O) groups is 1. The molecule has 0 saturated carbocycles. The van der Waals surface area contributed by atoms with Crippen molar-refractivity contribution in [3.63, 3.8) is 0 Å². The van der Waals surface area contributed by atoms with Crippen LogP contribution in [-0.4, -0.2) is 27.9 Å². The van der Waals surface area contributed by atoms with Gasteiger partial charge in [-0.3, -0.25) is 5.32 Å². The zero-order valence-electron chi connectivity index (χ0n) is 9.41. The Morgan fingerprint density at radius 1 is 1.39 bits per heavy atom. The lowest BCUT2D eigenvalue weighted by molar-refractivity contribution is 0.225. The monoisotopic (exact) mass is 264 g/mol. The lowest BCUT2D eigenvalue weighted by Crippen LogP contribution is -2.34. The lowest BCUT2D eigenvalue weighted by Gasteiger charge is -2.16. The van der Waals surface area contributed by atoms with Gasteiger partial charge in [-0.25, -0.2) is 4.79 Å². The molecule has 1 aromatic heterocycles. The Hall–Kier alpha value is -1.99. The largest absolute Gasteiger partial charge is 0.394 e. The van der Waals surface area contributed by atoms with E-state index < -0.39 is 12.1 Å². The first kappa shape index (κ1) is 12.5. The third kappa shape index (κ3) is 3.25. The Morgan fingerprint density at radius 3 is 2.78 bits per heavy atom. The Kier molecular flexibility index (Phi) is 4.21. The standard InChI is InChI=1S/C11H12N4O2S/c16-6-9(8-4-2-1-3-5-8)13-10(17)14-11-15-12-7-18-11/h1-5,7,9,16H,6H2,(H2,13,14,15,17). The summed E-state index contributed by atoms with van der Waals surface area (Å²) in [5.74, 6) is 0. The highest BCUT2D eigenvalue weighted by Gasteiger charge is 2.13. The third-order valence-corrected chi connectivity index (χ3v) is 2.88. The first-order valence-electron chi connectivity index (χ1n) is 5.29. The van der Waals surface area contributed by atoms with Gasteiger partial charge in [0.2, 0.25) is 5.13 Å². The number of amides is 2. The molecular weight excluding hydrogens is 252 g/mol. The molecule has 0 saturated heterocycles. The van der Waals surface area contributed by atoms with Crippen molar-refractivity contribution >= 4 is 22.5 Å². The van der Waals surface area contributed by atoms with E-state index in [0.717, 1.165) is 5.56 Å². The minimum absolute atomic E-state index is 0.173. The molecule has 0 fully saturated rings. The van der Waals surface area contributed by atoms with Crippen molar-refractivity contribution in [1.29, 1.82) is 0 Å². The van der Waals surface area contributed by atoms with Gasteiger partial charge in [-0.05, 0) is 5.56 Å². The van der Waals surface area contributed by atoms with E-state index in [-0.39, 0.29) is 6.61 Å². The molecule has 1 aromatic carbocycles. The molecule has 1 atom stereocenters. The summed E-state index contributed by atoms with van der Waals surface area (Å²) in [6.45, 7) is -0.173. The number of urea groups is 1. The quantitative estimate of drug-likeness (QED) is 0.779. The predicted molar refractivity (Wildman–Crippen MR) is 68.3 cm³/mol. The normalized spacial score (nSPS) is 11.8. The fourth-order valence-electron chi connectivity index (χ4n) is 1.44. The van der Waals surface area contributed by atoms with Gasteiger partial charge in [0, 0.05) is 0 Å². The van der Waals surface area contributed by atoms with Crippen LogP contribution in [0.3, 0.4) is 0 Å². The average molecular weight is 264 g/mol. The number of aliphatic hydroxyl groups is 1. The van der Waals surface area contributed by atoms with Crippen molar-refractivity contribution in [1.82, 2.24) is 15.5 Å². The predicted octanol–water partition coefficient (Wildman–Crippen LogP) is 1.39. The van der Waals surface area contributed by atoms with Crippen molar-refractivity contribution in [3.8, 4) is 0 Å². The summed E-state index contributed by atoms with van der Waals surface area (Å²) < 4.78 is 0. The number of aliphatic hydroxyl groups excluding tert-OH is 1. The van der Waals surface area contributed by atoms with Gasteiger partial charge in [0.1, 0.15) is 5.51 Å². The van der Waals surface area contributed by atoms with Crippen molar-refractivity contribution in [2.75, 3.05) is 11.9 Å². The van der Waals surface area contributed by atoms with Crippen LogP contribution >= 0.6 is 11.3 Å². The van der Waals surface area contributed by atoms with Crippen LogP contribution in [0.15, 0.2) is 35.8 Å². The van der Waals surface area contributed by atoms with Gasteiger partial charge in [-0.1, -0.05) is 41.7 Å². The summed E-state index contributed by atoms with van der Waals surface area (Å²) >= 11 is 1.23. The van der Waals surface area contributed by atoms with Crippen LogP contribution in [0.4, 0.5) is 9.93 Å². The molecule has 2 rings (SSSR count). The molecule has 1 heterocycles. The Morgan fingerprint density at radius 2 is 2.17 bits per heavy atom. The van der Waals surface area contributed by atoms with Gasteiger partial charge in [-0.2, -0.15) is 0 Å². The summed E-state index contributed by atoms with van der Waals surface area (Å²) in [6.07, 6.45) is 0.